The zero-order valence-corrected chi connectivity index (χ0v) is 11.3. The molecule has 0 amide bonds. The Kier molecular flexibility index (Phi) is 2.98. The van der Waals surface area contributed by atoms with Crippen molar-refractivity contribution >= 4 is 11.3 Å². The van der Waals surface area contributed by atoms with Gasteiger partial charge in [-0.25, -0.2) is 0 Å². The minimum Gasteiger partial charge on any atom is -0.271 e. The van der Waals surface area contributed by atoms with Crippen molar-refractivity contribution in [1.29, 1.82) is 0 Å². The van der Waals surface area contributed by atoms with Crippen LogP contribution >= 0.6 is 11.3 Å². The predicted molar refractivity (Wildman–Crippen MR) is 76.5 cm³/mol. The molecule has 1 fully saturated rings. The summed E-state index contributed by atoms with van der Waals surface area (Å²) in [6, 6.07) is 15.3. The lowest BCUT2D eigenvalue weighted by molar-refractivity contribution is 0.445. The molecule has 0 saturated heterocycles. The predicted octanol–water partition coefficient (Wildman–Crippen LogP) is 3.29. The first kappa shape index (κ1) is 11.9. The molecule has 3 heteroatoms. The van der Waals surface area contributed by atoms with E-state index in [9.17, 15) is 0 Å². The Labute approximate surface area is 112 Å². The molecule has 0 aliphatic heterocycles. The van der Waals surface area contributed by atoms with Gasteiger partial charge in [0.1, 0.15) is 0 Å². The number of nitrogens with two attached hydrogens (primary N) is 1. The van der Waals surface area contributed by atoms with E-state index in [1.807, 2.05) is 11.3 Å². The fourth-order valence-electron chi connectivity index (χ4n) is 2.77. The first-order valence-electron chi connectivity index (χ1n) is 6.34. The van der Waals surface area contributed by atoms with Crippen LogP contribution in [0.3, 0.4) is 0 Å². The van der Waals surface area contributed by atoms with Gasteiger partial charge >= 0.3 is 0 Å². The van der Waals surface area contributed by atoms with Crippen LogP contribution in [0.2, 0.25) is 0 Å². The van der Waals surface area contributed by atoms with Gasteiger partial charge in [-0.2, -0.15) is 0 Å². The highest BCUT2D eigenvalue weighted by atomic mass is 32.1. The van der Waals surface area contributed by atoms with Gasteiger partial charge in [0.05, 0.1) is 6.04 Å². The zero-order valence-electron chi connectivity index (χ0n) is 10.5. The first-order valence-corrected chi connectivity index (χ1v) is 7.16. The van der Waals surface area contributed by atoms with Gasteiger partial charge in [0.25, 0.3) is 0 Å². The van der Waals surface area contributed by atoms with E-state index in [-0.39, 0.29) is 11.5 Å². The molecule has 94 valence electrons. The maximum absolute atomic E-state index is 5.83. The molecule has 0 radical (unpaired) electrons. The highest BCUT2D eigenvalue weighted by Gasteiger charge is 2.51. The number of hydrogen-bond donors (Lipinski definition) is 2. The van der Waals surface area contributed by atoms with E-state index in [0.29, 0.717) is 0 Å². The molecule has 3 N–H and O–H groups in total. The van der Waals surface area contributed by atoms with E-state index in [4.69, 9.17) is 5.84 Å². The smallest absolute Gasteiger partial charge is 0.0649 e. The van der Waals surface area contributed by atoms with Crippen molar-refractivity contribution < 1.29 is 0 Å². The molecular weight excluding hydrogens is 240 g/mol. The monoisotopic (exact) mass is 258 g/mol. The lowest BCUT2D eigenvalue weighted by Gasteiger charge is -2.26. The molecule has 1 unspecified atom stereocenters. The number of aryl methyl sites for hydroxylation is 1. The summed E-state index contributed by atoms with van der Waals surface area (Å²) in [4.78, 5) is 2.69. The molecular formula is C15H18N2S. The van der Waals surface area contributed by atoms with E-state index in [2.05, 4.69) is 54.8 Å². The Morgan fingerprint density at radius 2 is 1.89 bits per heavy atom. The number of hydrogen-bond acceptors (Lipinski definition) is 3. The first-order chi connectivity index (χ1) is 8.76. The van der Waals surface area contributed by atoms with Crippen molar-refractivity contribution in [2.75, 3.05) is 0 Å². The summed E-state index contributed by atoms with van der Waals surface area (Å²) in [7, 11) is 0. The molecule has 0 bridgehead atoms. The van der Waals surface area contributed by atoms with Crippen LogP contribution in [0.5, 0.6) is 0 Å². The molecule has 0 spiro atoms. The molecule has 1 aromatic carbocycles. The molecule has 2 nitrogen and oxygen atoms in total. The third-order valence-electron chi connectivity index (χ3n) is 3.90. The highest BCUT2D eigenvalue weighted by molar-refractivity contribution is 7.12. The van der Waals surface area contributed by atoms with Crippen LogP contribution < -0.4 is 11.3 Å². The van der Waals surface area contributed by atoms with E-state index in [1.54, 1.807) is 0 Å². The van der Waals surface area contributed by atoms with Crippen molar-refractivity contribution in [1.82, 2.24) is 5.43 Å². The van der Waals surface area contributed by atoms with Gasteiger partial charge in [-0.1, -0.05) is 30.3 Å². The fourth-order valence-corrected chi connectivity index (χ4v) is 3.83. The molecule has 1 aromatic heterocycles. The van der Waals surface area contributed by atoms with Crippen LogP contribution in [0, 0.1) is 6.92 Å². The van der Waals surface area contributed by atoms with Gasteiger partial charge in [0.2, 0.25) is 0 Å². The Morgan fingerprint density at radius 1 is 1.17 bits per heavy atom. The van der Waals surface area contributed by atoms with Crippen LogP contribution in [0.1, 0.15) is 34.2 Å². The summed E-state index contributed by atoms with van der Waals surface area (Å²) in [5, 5.41) is 0. The standard InChI is InChI=1S/C15H18N2S/c1-11-7-8-13(18-11)14(17-16)15(9-10-15)12-5-3-2-4-6-12/h2-8,14,17H,9-10,16H2,1H3. The van der Waals surface area contributed by atoms with E-state index >= 15 is 0 Å². The molecule has 18 heavy (non-hydrogen) atoms. The molecule has 1 heterocycles. The van der Waals surface area contributed by atoms with Gasteiger partial charge in [0.15, 0.2) is 0 Å². The Balaban J connectivity index is 1.97. The minimum atomic E-state index is 0.202. The Bertz CT molecular complexity index is 528. The SMILES string of the molecule is Cc1ccc(C(NN)C2(c3ccccc3)CC2)s1. The normalized spacial score (nSPS) is 18.6. The maximum atomic E-state index is 5.83. The summed E-state index contributed by atoms with van der Waals surface area (Å²) in [6.45, 7) is 2.14. The largest absolute Gasteiger partial charge is 0.271 e. The van der Waals surface area contributed by atoms with Crippen LogP contribution in [-0.2, 0) is 5.41 Å². The summed E-state index contributed by atoms with van der Waals surface area (Å²) in [6.07, 6.45) is 2.42. The quantitative estimate of drug-likeness (QED) is 0.652. The Hall–Kier alpha value is -1.16. The number of benzene rings is 1. The van der Waals surface area contributed by atoms with Crippen molar-refractivity contribution in [2.45, 2.75) is 31.2 Å². The maximum Gasteiger partial charge on any atom is 0.0649 e. The van der Waals surface area contributed by atoms with Crippen molar-refractivity contribution in [3.63, 3.8) is 0 Å². The average molecular weight is 258 g/mol. The van der Waals surface area contributed by atoms with E-state index < -0.39 is 0 Å². The van der Waals surface area contributed by atoms with E-state index in [0.717, 1.165) is 0 Å². The lowest BCUT2D eigenvalue weighted by Crippen LogP contribution is -2.36. The van der Waals surface area contributed by atoms with Gasteiger partial charge in [-0.15, -0.1) is 11.3 Å². The van der Waals surface area contributed by atoms with Crippen molar-refractivity contribution in [3.8, 4) is 0 Å². The van der Waals surface area contributed by atoms with Crippen molar-refractivity contribution in [2.24, 2.45) is 5.84 Å². The number of thiophene rings is 1. The molecule has 1 aliphatic rings. The number of rotatable bonds is 4. The molecule has 2 aromatic rings. The summed E-state index contributed by atoms with van der Waals surface area (Å²) in [5.74, 6) is 5.83. The fraction of sp³-hybridized carbons (Fsp3) is 0.333. The lowest BCUT2D eigenvalue weighted by atomic mass is 9.87. The second-order valence-corrected chi connectivity index (χ2v) is 6.39. The summed E-state index contributed by atoms with van der Waals surface area (Å²) in [5.41, 5.74) is 4.65. The van der Waals surface area contributed by atoms with E-state index in [1.165, 1.54) is 28.2 Å². The van der Waals surface area contributed by atoms with Crippen LogP contribution in [0.4, 0.5) is 0 Å². The van der Waals surface area contributed by atoms with Crippen LogP contribution in [-0.4, -0.2) is 0 Å². The second-order valence-electron chi connectivity index (χ2n) is 5.07. The minimum absolute atomic E-state index is 0.202. The van der Waals surface area contributed by atoms with Crippen LogP contribution in [0.15, 0.2) is 42.5 Å². The molecule has 1 saturated carbocycles. The van der Waals surface area contributed by atoms with Crippen LogP contribution in [0.25, 0.3) is 0 Å². The highest BCUT2D eigenvalue weighted by Crippen LogP contribution is 2.56. The second kappa shape index (κ2) is 4.50. The zero-order chi connectivity index (χ0) is 12.6. The van der Waals surface area contributed by atoms with Gasteiger partial charge in [-0.05, 0) is 37.5 Å². The van der Waals surface area contributed by atoms with Gasteiger partial charge < -0.3 is 0 Å². The topological polar surface area (TPSA) is 38.0 Å². The summed E-state index contributed by atoms with van der Waals surface area (Å²) >= 11 is 1.84. The molecule has 1 atom stereocenters. The third kappa shape index (κ3) is 1.88. The van der Waals surface area contributed by atoms with Gasteiger partial charge in [-0.3, -0.25) is 11.3 Å². The number of hydrazine groups is 1. The average Bonchev–Trinajstić information content (AvgIpc) is 3.09. The summed E-state index contributed by atoms with van der Waals surface area (Å²) < 4.78 is 0. The third-order valence-corrected chi connectivity index (χ3v) is 4.97. The van der Waals surface area contributed by atoms with Crippen molar-refractivity contribution in [3.05, 3.63) is 57.8 Å². The molecule has 3 rings (SSSR count). The van der Waals surface area contributed by atoms with Gasteiger partial charge in [0, 0.05) is 15.2 Å². The Morgan fingerprint density at radius 3 is 2.39 bits per heavy atom. The molecule has 1 aliphatic carbocycles. The number of nitrogens with one attached hydrogen (secondary N) is 1.